The molecule has 5 heterocycles. The number of hydrogen-bond donors (Lipinski definition) is 1. The van der Waals surface area contributed by atoms with E-state index in [1.165, 1.54) is 27.8 Å². The number of pyridine rings is 1. The maximum absolute atomic E-state index is 12.9. The fourth-order valence-electron chi connectivity index (χ4n) is 4.60. The molecule has 5 aromatic rings. The van der Waals surface area contributed by atoms with Gasteiger partial charge in [0.2, 0.25) is 0 Å². The maximum atomic E-state index is 12.9. The van der Waals surface area contributed by atoms with Crippen LogP contribution in [-0.2, 0) is 26.1 Å². The Labute approximate surface area is 204 Å². The van der Waals surface area contributed by atoms with Crippen LogP contribution in [-0.4, -0.2) is 35.9 Å². The lowest BCUT2D eigenvalue weighted by Crippen LogP contribution is -2.35. The Morgan fingerprint density at radius 2 is 2.03 bits per heavy atom. The number of aromatic nitrogens is 5. The summed E-state index contributed by atoms with van der Waals surface area (Å²) in [6, 6.07) is 12.2. The van der Waals surface area contributed by atoms with Crippen LogP contribution >= 0.6 is 22.9 Å². The van der Waals surface area contributed by atoms with Gasteiger partial charge in [-0.15, -0.1) is 11.3 Å². The Hall–Kier alpha value is -3.33. The van der Waals surface area contributed by atoms with E-state index in [0.29, 0.717) is 16.8 Å². The van der Waals surface area contributed by atoms with Crippen LogP contribution in [0.4, 0.5) is 0 Å². The van der Waals surface area contributed by atoms with Crippen molar-refractivity contribution in [2.45, 2.75) is 26.1 Å². The van der Waals surface area contributed by atoms with Gasteiger partial charge in [-0.1, -0.05) is 29.8 Å². The van der Waals surface area contributed by atoms with E-state index in [2.05, 4.69) is 54.9 Å². The lowest BCUT2D eigenvalue weighted by Gasteiger charge is -2.27. The van der Waals surface area contributed by atoms with Crippen LogP contribution in [0.2, 0.25) is 4.47 Å². The summed E-state index contributed by atoms with van der Waals surface area (Å²) in [7, 11) is 0. The molecular weight excluding hydrogens is 468 g/mol. The van der Waals surface area contributed by atoms with Gasteiger partial charge in [-0.25, -0.2) is 9.97 Å². The first kappa shape index (κ1) is 21.2. The molecule has 0 spiro atoms. The van der Waals surface area contributed by atoms with Crippen LogP contribution in [0.1, 0.15) is 21.7 Å². The van der Waals surface area contributed by atoms with Gasteiger partial charge in [0.05, 0.1) is 17.8 Å². The lowest BCUT2D eigenvalue weighted by molar-refractivity contribution is 0.242. The highest BCUT2D eigenvalue weighted by molar-refractivity contribution is 7.15. The normalized spacial score (nSPS) is 13.9. The van der Waals surface area contributed by atoms with E-state index in [0.717, 1.165) is 47.8 Å². The molecule has 0 saturated carbocycles. The smallest absolute Gasteiger partial charge is 0.255 e. The zero-order chi connectivity index (χ0) is 23.1. The van der Waals surface area contributed by atoms with Crippen LogP contribution in [0.3, 0.4) is 0 Å². The van der Waals surface area contributed by atoms with Gasteiger partial charge >= 0.3 is 0 Å². The topological polar surface area (TPSA) is 79.7 Å². The van der Waals surface area contributed by atoms with Crippen molar-refractivity contribution in [1.82, 2.24) is 29.4 Å². The third-order valence-electron chi connectivity index (χ3n) is 6.20. The average Bonchev–Trinajstić information content (AvgIpc) is 3.43. The largest absolute Gasteiger partial charge is 0.342 e. The highest BCUT2D eigenvalue weighted by Crippen LogP contribution is 2.27. The number of aromatic amines is 1. The summed E-state index contributed by atoms with van der Waals surface area (Å²) in [4.78, 5) is 32.3. The van der Waals surface area contributed by atoms with Crippen LogP contribution in [0, 0.1) is 0 Å². The van der Waals surface area contributed by atoms with E-state index < -0.39 is 0 Å². The highest BCUT2D eigenvalue weighted by Gasteiger charge is 2.23. The molecule has 7 nitrogen and oxygen atoms in total. The lowest BCUT2D eigenvalue weighted by atomic mass is 10.1. The number of para-hydroxylation sites is 1. The number of rotatable bonds is 5. The highest BCUT2D eigenvalue weighted by atomic mass is 35.5. The second-order valence-electron chi connectivity index (χ2n) is 8.42. The number of thiazole rings is 1. The molecule has 1 aromatic carbocycles. The number of halogens is 1. The third kappa shape index (κ3) is 4.04. The van der Waals surface area contributed by atoms with Crippen molar-refractivity contribution in [2.75, 3.05) is 6.54 Å². The fraction of sp³-hybridized carbons (Fsp3) is 0.200. The van der Waals surface area contributed by atoms with Gasteiger partial charge in [0.1, 0.15) is 5.82 Å². The second kappa shape index (κ2) is 8.79. The van der Waals surface area contributed by atoms with Gasteiger partial charge < -0.3 is 9.55 Å². The molecule has 0 atom stereocenters. The average molecular weight is 489 g/mol. The standard InChI is InChI=1S/C25H21ClN6OS/c26-25-28-11-18(34-25)14-32-13-17(19-5-1-2-6-22(19)32)12-31-9-7-21-20(15-31)24(33)30-23(29-21)16-4-3-8-27-10-16/h1-6,8,10-11,13H,7,9,12,14-15H2,(H,29,30,33). The first-order valence-electron chi connectivity index (χ1n) is 11.1. The third-order valence-corrected chi connectivity index (χ3v) is 7.30. The molecule has 34 heavy (non-hydrogen) atoms. The molecule has 170 valence electrons. The van der Waals surface area contributed by atoms with Crippen LogP contribution in [0.15, 0.2) is 66.0 Å². The van der Waals surface area contributed by atoms with E-state index >= 15 is 0 Å². The summed E-state index contributed by atoms with van der Waals surface area (Å²) in [5.41, 5.74) is 4.80. The van der Waals surface area contributed by atoms with Crippen molar-refractivity contribution in [3.05, 3.63) is 97.7 Å². The predicted octanol–water partition coefficient (Wildman–Crippen LogP) is 4.50. The van der Waals surface area contributed by atoms with Gasteiger partial charge in [-0.2, -0.15) is 0 Å². The number of nitrogens with one attached hydrogen (secondary N) is 1. The van der Waals surface area contributed by atoms with Gasteiger partial charge in [0, 0.05) is 72.2 Å². The molecule has 9 heteroatoms. The molecule has 0 radical (unpaired) electrons. The van der Waals surface area contributed by atoms with Crippen LogP contribution in [0.5, 0.6) is 0 Å². The molecule has 1 aliphatic heterocycles. The Kier molecular flexibility index (Phi) is 5.49. The maximum Gasteiger partial charge on any atom is 0.255 e. The molecule has 0 saturated heterocycles. The number of nitrogens with zero attached hydrogens (tertiary/aromatic N) is 5. The van der Waals surface area contributed by atoms with Crippen LogP contribution in [0.25, 0.3) is 22.3 Å². The Morgan fingerprint density at radius 1 is 1.12 bits per heavy atom. The van der Waals surface area contributed by atoms with Crippen LogP contribution < -0.4 is 5.56 Å². The Morgan fingerprint density at radius 3 is 2.85 bits per heavy atom. The van der Waals surface area contributed by atoms with E-state index in [1.807, 2.05) is 18.3 Å². The van der Waals surface area contributed by atoms with Gasteiger partial charge in [-0.05, 0) is 23.8 Å². The van der Waals surface area contributed by atoms with E-state index in [-0.39, 0.29) is 5.56 Å². The minimum Gasteiger partial charge on any atom is -0.342 e. The number of benzene rings is 1. The fourth-order valence-corrected chi connectivity index (χ4v) is 5.58. The second-order valence-corrected chi connectivity index (χ2v) is 10.1. The first-order valence-corrected chi connectivity index (χ1v) is 12.3. The van der Waals surface area contributed by atoms with Crippen molar-refractivity contribution in [3.63, 3.8) is 0 Å². The van der Waals surface area contributed by atoms with E-state index in [9.17, 15) is 4.79 Å². The first-order chi connectivity index (χ1) is 16.6. The minimum absolute atomic E-state index is 0.0712. The van der Waals surface area contributed by atoms with Crippen molar-refractivity contribution in [2.24, 2.45) is 0 Å². The zero-order valence-electron chi connectivity index (χ0n) is 18.2. The monoisotopic (exact) mass is 488 g/mol. The number of hydrogen-bond acceptors (Lipinski definition) is 6. The van der Waals surface area contributed by atoms with Gasteiger partial charge in [-0.3, -0.25) is 14.7 Å². The number of H-pyrrole nitrogens is 1. The Bertz CT molecular complexity index is 1540. The molecule has 0 unspecified atom stereocenters. The summed E-state index contributed by atoms with van der Waals surface area (Å²) >= 11 is 7.54. The molecule has 0 fully saturated rings. The van der Waals surface area contributed by atoms with Crippen molar-refractivity contribution in [1.29, 1.82) is 0 Å². The summed E-state index contributed by atoms with van der Waals surface area (Å²) < 4.78 is 2.81. The summed E-state index contributed by atoms with van der Waals surface area (Å²) in [6.45, 7) is 2.92. The molecule has 4 aromatic heterocycles. The minimum atomic E-state index is -0.0712. The molecule has 0 bridgehead atoms. The molecule has 6 rings (SSSR count). The van der Waals surface area contributed by atoms with Crippen molar-refractivity contribution in [3.8, 4) is 11.4 Å². The van der Waals surface area contributed by atoms with Gasteiger partial charge in [0.15, 0.2) is 4.47 Å². The van der Waals surface area contributed by atoms with Gasteiger partial charge in [0.25, 0.3) is 5.56 Å². The quantitative estimate of drug-likeness (QED) is 0.394. The molecule has 1 N–H and O–H groups in total. The van der Waals surface area contributed by atoms with E-state index in [1.54, 1.807) is 12.4 Å². The van der Waals surface area contributed by atoms with Crippen molar-refractivity contribution < 1.29 is 0 Å². The SMILES string of the molecule is O=c1[nH]c(-c2cccnc2)nc2c1CN(Cc1cn(Cc3cnc(Cl)s3)c3ccccc13)CC2. The molecule has 1 aliphatic rings. The summed E-state index contributed by atoms with van der Waals surface area (Å²) in [6.07, 6.45) is 8.21. The predicted molar refractivity (Wildman–Crippen MR) is 134 cm³/mol. The number of fused-ring (bicyclic) bond motifs is 2. The van der Waals surface area contributed by atoms with E-state index in [4.69, 9.17) is 16.6 Å². The zero-order valence-corrected chi connectivity index (χ0v) is 19.8. The molecule has 0 aliphatic carbocycles. The molecule has 0 amide bonds. The Balaban J connectivity index is 1.27. The summed E-state index contributed by atoms with van der Waals surface area (Å²) in [5.74, 6) is 0.580. The molecular formula is C25H21ClN6OS. The summed E-state index contributed by atoms with van der Waals surface area (Å²) in [5, 5.41) is 1.22. The van der Waals surface area contributed by atoms with Crippen molar-refractivity contribution >= 4 is 33.8 Å².